The number of benzene rings is 1. The number of aliphatic imine (C=N–C) groups is 1. The molecule has 7 heteroatoms. The van der Waals surface area contributed by atoms with Crippen molar-refractivity contribution in [1.29, 1.82) is 0 Å². The van der Waals surface area contributed by atoms with Gasteiger partial charge in [0.15, 0.2) is 5.96 Å². The van der Waals surface area contributed by atoms with Crippen LogP contribution in [0.5, 0.6) is 5.75 Å². The number of nitrogens with one attached hydrogen (secondary N) is 2. The molecule has 0 aliphatic rings. The first kappa shape index (κ1) is 17.1. The molecule has 124 valence electrons. The van der Waals surface area contributed by atoms with Crippen molar-refractivity contribution in [3.05, 3.63) is 47.2 Å². The SMILES string of the molecule is CCNC(=NCc1ccnn1C)NCCOc1ccc(Cl)cc1. The first-order valence-electron chi connectivity index (χ1n) is 7.56. The van der Waals surface area contributed by atoms with Crippen molar-refractivity contribution in [1.82, 2.24) is 20.4 Å². The van der Waals surface area contributed by atoms with Crippen molar-refractivity contribution < 1.29 is 4.74 Å². The van der Waals surface area contributed by atoms with Gasteiger partial charge in [-0.1, -0.05) is 11.6 Å². The standard InChI is InChI=1S/C16H22ClN5O/c1-3-18-16(20-12-14-8-9-21-22(14)2)19-10-11-23-15-6-4-13(17)5-7-15/h4-9H,3,10-12H2,1-2H3,(H2,18,19,20). The molecule has 2 rings (SSSR count). The average molecular weight is 336 g/mol. The van der Waals surface area contributed by atoms with E-state index in [1.165, 1.54) is 0 Å². The van der Waals surface area contributed by atoms with Gasteiger partial charge in [0.2, 0.25) is 0 Å². The summed E-state index contributed by atoms with van der Waals surface area (Å²) in [4.78, 5) is 4.53. The molecule has 0 amide bonds. The molecule has 0 fully saturated rings. The lowest BCUT2D eigenvalue weighted by Gasteiger charge is -2.12. The van der Waals surface area contributed by atoms with Crippen LogP contribution in [0, 0.1) is 0 Å². The number of aryl methyl sites for hydroxylation is 1. The van der Waals surface area contributed by atoms with Crippen molar-refractivity contribution in [2.45, 2.75) is 13.5 Å². The minimum atomic E-state index is 0.539. The minimum Gasteiger partial charge on any atom is -0.492 e. The van der Waals surface area contributed by atoms with Gasteiger partial charge in [-0.2, -0.15) is 5.10 Å². The van der Waals surface area contributed by atoms with Crippen LogP contribution >= 0.6 is 11.6 Å². The fourth-order valence-electron chi connectivity index (χ4n) is 1.93. The molecule has 0 radical (unpaired) electrons. The van der Waals surface area contributed by atoms with Gasteiger partial charge in [-0.15, -0.1) is 0 Å². The van der Waals surface area contributed by atoms with Crippen LogP contribution in [0.1, 0.15) is 12.6 Å². The number of ether oxygens (including phenoxy) is 1. The highest BCUT2D eigenvalue weighted by Crippen LogP contribution is 2.15. The van der Waals surface area contributed by atoms with E-state index < -0.39 is 0 Å². The van der Waals surface area contributed by atoms with E-state index in [4.69, 9.17) is 16.3 Å². The zero-order chi connectivity index (χ0) is 16.5. The van der Waals surface area contributed by atoms with E-state index in [-0.39, 0.29) is 0 Å². The smallest absolute Gasteiger partial charge is 0.191 e. The van der Waals surface area contributed by atoms with E-state index in [0.29, 0.717) is 24.7 Å². The van der Waals surface area contributed by atoms with Gasteiger partial charge in [0, 0.05) is 24.8 Å². The maximum Gasteiger partial charge on any atom is 0.191 e. The molecule has 0 unspecified atom stereocenters. The first-order valence-corrected chi connectivity index (χ1v) is 7.94. The van der Waals surface area contributed by atoms with Crippen LogP contribution in [-0.4, -0.2) is 35.4 Å². The van der Waals surface area contributed by atoms with E-state index in [1.54, 1.807) is 6.20 Å². The summed E-state index contributed by atoms with van der Waals surface area (Å²) in [5.74, 6) is 1.56. The molecule has 0 aliphatic carbocycles. The summed E-state index contributed by atoms with van der Waals surface area (Å²) in [5.41, 5.74) is 1.06. The topological polar surface area (TPSA) is 63.5 Å². The van der Waals surface area contributed by atoms with Crippen LogP contribution in [0.15, 0.2) is 41.5 Å². The molecule has 1 heterocycles. The molecule has 1 aromatic heterocycles. The lowest BCUT2D eigenvalue weighted by Crippen LogP contribution is -2.39. The molecule has 0 bridgehead atoms. The summed E-state index contributed by atoms with van der Waals surface area (Å²) in [5, 5.41) is 11.3. The number of aromatic nitrogens is 2. The molecule has 6 nitrogen and oxygen atoms in total. The molecule has 0 saturated carbocycles. The van der Waals surface area contributed by atoms with E-state index in [9.17, 15) is 0 Å². The van der Waals surface area contributed by atoms with Crippen molar-refractivity contribution >= 4 is 17.6 Å². The lowest BCUT2D eigenvalue weighted by atomic mass is 10.3. The van der Waals surface area contributed by atoms with Gasteiger partial charge in [0.25, 0.3) is 0 Å². The van der Waals surface area contributed by atoms with Crippen LogP contribution < -0.4 is 15.4 Å². The lowest BCUT2D eigenvalue weighted by molar-refractivity contribution is 0.322. The van der Waals surface area contributed by atoms with Gasteiger partial charge in [-0.05, 0) is 37.3 Å². The Morgan fingerprint density at radius 3 is 2.70 bits per heavy atom. The quantitative estimate of drug-likeness (QED) is 0.462. The number of nitrogens with zero attached hydrogens (tertiary/aromatic N) is 3. The third kappa shape index (κ3) is 5.83. The van der Waals surface area contributed by atoms with Gasteiger partial charge in [-0.3, -0.25) is 4.68 Å². The first-order chi connectivity index (χ1) is 11.2. The molecule has 0 aliphatic heterocycles. The van der Waals surface area contributed by atoms with Crippen molar-refractivity contribution in [2.24, 2.45) is 12.0 Å². The maximum atomic E-state index is 5.84. The Morgan fingerprint density at radius 2 is 2.04 bits per heavy atom. The number of halogens is 1. The third-order valence-corrected chi connectivity index (χ3v) is 3.39. The second-order valence-corrected chi connectivity index (χ2v) is 5.31. The van der Waals surface area contributed by atoms with Gasteiger partial charge in [0.1, 0.15) is 12.4 Å². The summed E-state index contributed by atoms with van der Waals surface area (Å²) in [7, 11) is 1.91. The summed E-state index contributed by atoms with van der Waals surface area (Å²) >= 11 is 5.84. The predicted octanol–water partition coefficient (Wildman–Crippen LogP) is 2.21. The Hall–Kier alpha value is -2.21. The van der Waals surface area contributed by atoms with E-state index in [0.717, 1.165) is 23.9 Å². The number of rotatable bonds is 7. The normalized spacial score (nSPS) is 11.3. The number of hydrogen-bond donors (Lipinski definition) is 2. The van der Waals surface area contributed by atoms with Crippen LogP contribution in [0.2, 0.25) is 5.02 Å². The fourth-order valence-corrected chi connectivity index (χ4v) is 2.05. The Bertz CT molecular complexity index is 624. The summed E-state index contributed by atoms with van der Waals surface area (Å²) in [6, 6.07) is 9.28. The minimum absolute atomic E-state index is 0.539. The monoisotopic (exact) mass is 335 g/mol. The molecule has 1 aromatic carbocycles. The Balaban J connectivity index is 1.77. The molecular weight excluding hydrogens is 314 g/mol. The molecule has 2 N–H and O–H groups in total. The second kappa shape index (κ2) is 9.05. The van der Waals surface area contributed by atoms with Gasteiger partial charge in [0.05, 0.1) is 18.8 Å². The Kier molecular flexibility index (Phi) is 6.75. The third-order valence-electron chi connectivity index (χ3n) is 3.14. The van der Waals surface area contributed by atoms with Crippen LogP contribution in [0.4, 0.5) is 0 Å². The zero-order valence-corrected chi connectivity index (χ0v) is 14.2. The zero-order valence-electron chi connectivity index (χ0n) is 13.4. The van der Waals surface area contributed by atoms with Gasteiger partial charge >= 0.3 is 0 Å². The fraction of sp³-hybridized carbons (Fsp3) is 0.375. The average Bonchev–Trinajstić information content (AvgIpc) is 2.96. The van der Waals surface area contributed by atoms with Crippen LogP contribution in [0.3, 0.4) is 0 Å². The highest BCUT2D eigenvalue weighted by molar-refractivity contribution is 6.30. The largest absolute Gasteiger partial charge is 0.492 e. The molecule has 0 saturated heterocycles. The van der Waals surface area contributed by atoms with Crippen LogP contribution in [0.25, 0.3) is 0 Å². The number of guanidine groups is 1. The summed E-state index contributed by atoms with van der Waals surface area (Å²) in [6.45, 7) is 4.60. The Labute approximate surface area is 141 Å². The Morgan fingerprint density at radius 1 is 1.26 bits per heavy atom. The van der Waals surface area contributed by atoms with E-state index in [1.807, 2.05) is 49.0 Å². The van der Waals surface area contributed by atoms with Gasteiger partial charge < -0.3 is 15.4 Å². The highest BCUT2D eigenvalue weighted by Gasteiger charge is 2.00. The molecule has 0 atom stereocenters. The van der Waals surface area contributed by atoms with Crippen molar-refractivity contribution in [3.63, 3.8) is 0 Å². The second-order valence-electron chi connectivity index (χ2n) is 4.87. The molecule has 0 spiro atoms. The van der Waals surface area contributed by atoms with Crippen molar-refractivity contribution in [2.75, 3.05) is 19.7 Å². The molecule has 23 heavy (non-hydrogen) atoms. The summed E-state index contributed by atoms with van der Waals surface area (Å²) < 4.78 is 7.46. The molecular formula is C16H22ClN5O. The van der Waals surface area contributed by atoms with Crippen LogP contribution in [-0.2, 0) is 13.6 Å². The maximum absolute atomic E-state index is 5.84. The summed E-state index contributed by atoms with van der Waals surface area (Å²) in [6.07, 6.45) is 1.77. The predicted molar refractivity (Wildman–Crippen MR) is 93.0 cm³/mol. The van der Waals surface area contributed by atoms with Crippen molar-refractivity contribution in [3.8, 4) is 5.75 Å². The molecule has 2 aromatic rings. The van der Waals surface area contributed by atoms with Gasteiger partial charge in [-0.25, -0.2) is 4.99 Å². The number of hydrogen-bond acceptors (Lipinski definition) is 3. The van der Waals surface area contributed by atoms with E-state index in [2.05, 4.69) is 20.7 Å². The highest BCUT2D eigenvalue weighted by atomic mass is 35.5. The van der Waals surface area contributed by atoms with E-state index >= 15 is 0 Å².